The van der Waals surface area contributed by atoms with E-state index in [1.807, 2.05) is 6.07 Å². The highest BCUT2D eigenvalue weighted by atomic mass is 32.2. The molecule has 0 aromatic heterocycles. The highest BCUT2D eigenvalue weighted by Crippen LogP contribution is 2.19. The average Bonchev–Trinajstić information content (AvgIpc) is 2.82. The molecule has 0 aliphatic heterocycles. The fourth-order valence-electron chi connectivity index (χ4n) is 2.94. The molecule has 3 aromatic rings. The van der Waals surface area contributed by atoms with E-state index in [0.717, 1.165) is 0 Å². The number of hydrogen-bond acceptors (Lipinski definition) is 6. The van der Waals surface area contributed by atoms with Crippen LogP contribution in [0.15, 0.2) is 77.7 Å². The Morgan fingerprint density at radius 3 is 2.29 bits per heavy atom. The number of benzene rings is 3. The van der Waals surface area contributed by atoms with Crippen molar-refractivity contribution in [3.8, 4) is 11.8 Å². The van der Waals surface area contributed by atoms with E-state index in [9.17, 15) is 18.0 Å². The molecule has 9 nitrogen and oxygen atoms in total. The molecule has 0 atom stereocenters. The highest BCUT2D eigenvalue weighted by molar-refractivity contribution is 7.89. The summed E-state index contributed by atoms with van der Waals surface area (Å²) in [5.41, 5.74) is 2.08. The predicted molar refractivity (Wildman–Crippen MR) is 127 cm³/mol. The van der Waals surface area contributed by atoms with Crippen LogP contribution in [0.3, 0.4) is 0 Å². The van der Waals surface area contributed by atoms with E-state index in [1.54, 1.807) is 48.5 Å². The van der Waals surface area contributed by atoms with Gasteiger partial charge in [-0.3, -0.25) is 9.59 Å². The number of ether oxygens (including phenoxy) is 1. The molecule has 0 saturated heterocycles. The number of carbonyl (C=O) groups is 2. The van der Waals surface area contributed by atoms with Crippen LogP contribution in [0.4, 0.5) is 11.4 Å². The Hall–Kier alpha value is -4.20. The summed E-state index contributed by atoms with van der Waals surface area (Å²) in [6.07, 6.45) is 0. The van der Waals surface area contributed by atoms with E-state index < -0.39 is 10.0 Å². The largest absolute Gasteiger partial charge is 0.479 e. The molecule has 0 saturated carbocycles. The zero-order valence-electron chi connectivity index (χ0n) is 18.2. The molecule has 0 spiro atoms. The van der Waals surface area contributed by atoms with Gasteiger partial charge in [0.25, 0.3) is 5.91 Å². The van der Waals surface area contributed by atoms with E-state index in [-0.39, 0.29) is 29.9 Å². The van der Waals surface area contributed by atoms with Gasteiger partial charge in [0.1, 0.15) is 11.8 Å². The monoisotopic (exact) mass is 478 g/mol. The lowest BCUT2D eigenvalue weighted by Gasteiger charge is -2.10. The van der Waals surface area contributed by atoms with Crippen LogP contribution < -0.4 is 20.1 Å². The molecular weight excluding hydrogens is 456 g/mol. The molecule has 34 heavy (non-hydrogen) atoms. The van der Waals surface area contributed by atoms with Gasteiger partial charge in [0, 0.05) is 36.5 Å². The van der Waals surface area contributed by atoms with Crippen molar-refractivity contribution >= 4 is 33.2 Å². The van der Waals surface area contributed by atoms with Gasteiger partial charge in [-0.2, -0.15) is 5.26 Å². The average molecular weight is 479 g/mol. The maximum atomic E-state index is 12.5. The molecule has 0 radical (unpaired) electrons. The van der Waals surface area contributed by atoms with Gasteiger partial charge >= 0.3 is 0 Å². The number of hydrogen-bond donors (Lipinski definition) is 3. The van der Waals surface area contributed by atoms with Gasteiger partial charge in [-0.1, -0.05) is 18.2 Å². The van der Waals surface area contributed by atoms with Crippen molar-refractivity contribution in [2.45, 2.75) is 18.4 Å². The molecule has 2 amide bonds. The number of anilines is 2. The van der Waals surface area contributed by atoms with Crippen molar-refractivity contribution in [3.05, 3.63) is 83.9 Å². The number of nitriles is 1. The summed E-state index contributed by atoms with van der Waals surface area (Å²) in [7, 11) is -3.76. The number of nitrogens with one attached hydrogen (secondary N) is 3. The zero-order chi connectivity index (χ0) is 24.6. The second-order valence-corrected chi connectivity index (χ2v) is 8.92. The van der Waals surface area contributed by atoms with Crippen molar-refractivity contribution < 1.29 is 22.7 Å². The maximum absolute atomic E-state index is 12.5. The van der Waals surface area contributed by atoms with Crippen LogP contribution in [0, 0.1) is 11.3 Å². The third-order valence-electron chi connectivity index (χ3n) is 4.56. The second-order valence-electron chi connectivity index (χ2n) is 7.16. The Morgan fingerprint density at radius 1 is 0.941 bits per heavy atom. The Kier molecular flexibility index (Phi) is 7.97. The molecule has 3 rings (SSSR count). The van der Waals surface area contributed by atoms with Gasteiger partial charge in [0.15, 0.2) is 6.61 Å². The summed E-state index contributed by atoms with van der Waals surface area (Å²) in [6.45, 7) is 1.31. The number of sulfonamides is 1. The van der Waals surface area contributed by atoms with Crippen LogP contribution in [0.25, 0.3) is 0 Å². The van der Waals surface area contributed by atoms with Gasteiger partial charge < -0.3 is 15.4 Å². The standard InChI is InChI=1S/C24H22N4O5S/c1-17(29)27-20-9-11-23(12-10-20)34(31,32)26-16-18-5-7-19(8-6-18)24(30)28-21-3-2-4-22(15-21)33-14-13-25/h2-12,15,26H,14,16H2,1H3,(H,27,29)(H,28,30). The lowest BCUT2D eigenvalue weighted by molar-refractivity contribution is -0.114. The van der Waals surface area contributed by atoms with Crippen LogP contribution in [-0.4, -0.2) is 26.8 Å². The molecule has 174 valence electrons. The van der Waals surface area contributed by atoms with E-state index in [2.05, 4.69) is 15.4 Å². The Bertz CT molecular complexity index is 1310. The lowest BCUT2D eigenvalue weighted by atomic mass is 10.1. The fraction of sp³-hybridized carbons (Fsp3) is 0.125. The zero-order valence-corrected chi connectivity index (χ0v) is 19.1. The Balaban J connectivity index is 1.58. The number of carbonyl (C=O) groups excluding carboxylic acids is 2. The molecule has 3 N–H and O–H groups in total. The minimum Gasteiger partial charge on any atom is -0.479 e. The molecule has 0 bridgehead atoms. The van der Waals surface area contributed by atoms with Crippen molar-refractivity contribution in [3.63, 3.8) is 0 Å². The summed E-state index contributed by atoms with van der Waals surface area (Å²) in [4.78, 5) is 23.7. The number of amides is 2. The summed E-state index contributed by atoms with van der Waals surface area (Å²) in [5.74, 6) is -0.125. The minimum absolute atomic E-state index is 0.0377. The van der Waals surface area contributed by atoms with Gasteiger partial charge in [-0.25, -0.2) is 13.1 Å². The van der Waals surface area contributed by atoms with E-state index in [0.29, 0.717) is 28.3 Å². The molecule has 0 aliphatic carbocycles. The highest BCUT2D eigenvalue weighted by Gasteiger charge is 2.14. The molecule has 0 heterocycles. The third kappa shape index (κ3) is 6.90. The van der Waals surface area contributed by atoms with Gasteiger partial charge in [-0.05, 0) is 54.1 Å². The Labute approximate surface area is 197 Å². The normalized spacial score (nSPS) is 10.7. The first-order chi connectivity index (χ1) is 16.3. The molecule has 10 heteroatoms. The van der Waals surface area contributed by atoms with Gasteiger partial charge in [0.2, 0.25) is 15.9 Å². The van der Waals surface area contributed by atoms with E-state index in [1.165, 1.54) is 31.2 Å². The number of nitrogens with zero attached hydrogens (tertiary/aromatic N) is 1. The third-order valence-corrected chi connectivity index (χ3v) is 5.98. The van der Waals surface area contributed by atoms with Crippen molar-refractivity contribution in [2.75, 3.05) is 17.2 Å². The lowest BCUT2D eigenvalue weighted by Crippen LogP contribution is -2.23. The van der Waals surface area contributed by atoms with Crippen molar-refractivity contribution in [1.82, 2.24) is 4.72 Å². The van der Waals surface area contributed by atoms with E-state index in [4.69, 9.17) is 10.00 Å². The quantitative estimate of drug-likeness (QED) is 0.432. The first-order valence-electron chi connectivity index (χ1n) is 10.1. The fourth-order valence-corrected chi connectivity index (χ4v) is 3.96. The van der Waals surface area contributed by atoms with Gasteiger partial charge in [0.05, 0.1) is 4.90 Å². The van der Waals surface area contributed by atoms with Crippen LogP contribution in [0.2, 0.25) is 0 Å². The van der Waals surface area contributed by atoms with Crippen molar-refractivity contribution in [1.29, 1.82) is 5.26 Å². The Morgan fingerprint density at radius 2 is 1.65 bits per heavy atom. The van der Waals surface area contributed by atoms with Crippen LogP contribution in [-0.2, 0) is 21.4 Å². The summed E-state index contributed by atoms with van der Waals surface area (Å²) in [6, 6.07) is 20.9. The van der Waals surface area contributed by atoms with Crippen molar-refractivity contribution in [2.24, 2.45) is 0 Å². The maximum Gasteiger partial charge on any atom is 0.255 e. The number of rotatable bonds is 9. The predicted octanol–water partition coefficient (Wildman–Crippen LogP) is 3.28. The molecular formula is C24H22N4O5S. The molecule has 3 aromatic carbocycles. The van der Waals surface area contributed by atoms with Gasteiger partial charge in [-0.15, -0.1) is 0 Å². The summed E-state index contributed by atoms with van der Waals surface area (Å²) >= 11 is 0. The first-order valence-corrected chi connectivity index (χ1v) is 11.6. The first kappa shape index (κ1) is 24.4. The molecule has 0 unspecified atom stereocenters. The topological polar surface area (TPSA) is 137 Å². The minimum atomic E-state index is -3.76. The van der Waals surface area contributed by atoms with Crippen LogP contribution in [0.5, 0.6) is 5.75 Å². The molecule has 0 fully saturated rings. The van der Waals surface area contributed by atoms with Crippen LogP contribution >= 0.6 is 0 Å². The van der Waals surface area contributed by atoms with E-state index >= 15 is 0 Å². The second kappa shape index (κ2) is 11.1. The SMILES string of the molecule is CC(=O)Nc1ccc(S(=O)(=O)NCc2ccc(C(=O)Nc3cccc(OCC#N)c3)cc2)cc1. The smallest absolute Gasteiger partial charge is 0.255 e. The molecule has 0 aliphatic rings. The van der Waals surface area contributed by atoms with Crippen LogP contribution in [0.1, 0.15) is 22.8 Å². The summed E-state index contributed by atoms with van der Waals surface area (Å²) in [5, 5.41) is 13.9. The summed E-state index contributed by atoms with van der Waals surface area (Å²) < 4.78 is 32.8.